The van der Waals surface area contributed by atoms with Gasteiger partial charge in [-0.15, -0.1) is 0 Å². The molecule has 0 aromatic carbocycles. The van der Waals surface area contributed by atoms with E-state index in [1.807, 2.05) is 0 Å². The number of carbonyl (C=O) groups excluding carboxylic acids is 4. The van der Waals surface area contributed by atoms with Gasteiger partial charge < -0.3 is 44.6 Å². The first-order valence-electron chi connectivity index (χ1n) is 9.12. The minimum atomic E-state index is -2.58. The zero-order valence-corrected chi connectivity index (χ0v) is 18.6. The number of amides is 2. The Hall–Kier alpha value is -2.24. The highest BCUT2D eigenvalue weighted by Gasteiger charge is 2.57. The number of rotatable bonds is 17. The molecule has 0 heterocycles. The molecule has 0 aliphatic rings. The van der Waals surface area contributed by atoms with Gasteiger partial charge in [0.2, 0.25) is 11.8 Å². The van der Waals surface area contributed by atoms with E-state index < -0.39 is 64.2 Å². The predicted molar refractivity (Wildman–Crippen MR) is 117 cm³/mol. The zero-order valence-electron chi connectivity index (χ0n) is 17.0. The fourth-order valence-electron chi connectivity index (χ4n) is 2.42. The molecule has 182 valence electrons. The molecule has 0 fully saturated rings. The molecule has 0 aromatic heterocycles. The summed E-state index contributed by atoms with van der Waals surface area (Å²) in [5.41, 5.74) is 32.9. The molecule has 14 nitrogen and oxygen atoms in total. The molecule has 0 aliphatic carbocycles. The summed E-state index contributed by atoms with van der Waals surface area (Å²) in [6, 6.07) is -6.60. The van der Waals surface area contributed by atoms with Crippen molar-refractivity contribution in [3.63, 3.8) is 0 Å². The van der Waals surface area contributed by atoms with E-state index in [9.17, 15) is 33.9 Å². The van der Waals surface area contributed by atoms with E-state index in [2.05, 4.69) is 0 Å². The number of carboxylic acids is 2. The molecule has 0 unspecified atom stereocenters. The van der Waals surface area contributed by atoms with Crippen LogP contribution in [0.5, 0.6) is 0 Å². The summed E-state index contributed by atoms with van der Waals surface area (Å²) in [6.07, 6.45) is -1.30. The van der Waals surface area contributed by atoms with Crippen LogP contribution in [0.1, 0.15) is 25.7 Å². The Morgan fingerprint density at radius 2 is 1.12 bits per heavy atom. The van der Waals surface area contributed by atoms with E-state index >= 15 is 0 Å². The summed E-state index contributed by atoms with van der Waals surface area (Å²) < 4.78 is -2.58. The maximum atomic E-state index is 13.2. The maximum Gasteiger partial charge on any atom is 0.322 e. The van der Waals surface area contributed by atoms with E-state index in [-0.39, 0.29) is 31.4 Å². The van der Waals surface area contributed by atoms with Crippen molar-refractivity contribution in [3.8, 4) is 0 Å². The SMILES string of the molecule is NC(=O)CC[C@H](N)C(=O)C(SSC[C@H](N)C(=O)O)(C(=O)[C@@H](N)CCC(N)=O)[C@H](N)C(=O)O. The van der Waals surface area contributed by atoms with Gasteiger partial charge in [-0.2, -0.15) is 0 Å². The summed E-state index contributed by atoms with van der Waals surface area (Å²) in [5.74, 6) is -7.32. The Morgan fingerprint density at radius 1 is 0.719 bits per heavy atom. The highest BCUT2D eigenvalue weighted by Crippen LogP contribution is 2.42. The third-order valence-electron chi connectivity index (χ3n) is 4.27. The molecular weight excluding hydrogens is 468 g/mol. The Balaban J connectivity index is 6.25. The molecule has 14 N–H and O–H groups in total. The van der Waals surface area contributed by atoms with Crippen molar-refractivity contribution in [1.82, 2.24) is 0 Å². The Kier molecular flexibility index (Phi) is 12.4. The highest BCUT2D eigenvalue weighted by molar-refractivity contribution is 8.77. The Labute approximate surface area is 190 Å². The summed E-state index contributed by atoms with van der Waals surface area (Å²) in [7, 11) is 0.983. The average Bonchev–Trinajstić information content (AvgIpc) is 2.71. The first-order chi connectivity index (χ1) is 14.7. The first kappa shape index (κ1) is 29.8. The molecule has 0 bridgehead atoms. The molecule has 0 aliphatic heterocycles. The number of carbonyl (C=O) groups is 6. The van der Waals surface area contributed by atoms with Crippen molar-refractivity contribution >= 4 is 56.9 Å². The number of ketones is 2. The second kappa shape index (κ2) is 13.3. The summed E-state index contributed by atoms with van der Waals surface area (Å²) in [5, 5.41) is 18.4. The minimum Gasteiger partial charge on any atom is -0.480 e. The number of hydrogen-bond donors (Lipinski definition) is 8. The molecule has 2 amide bonds. The van der Waals surface area contributed by atoms with Gasteiger partial charge >= 0.3 is 11.9 Å². The normalized spacial score (nSPS) is 15.2. The predicted octanol–water partition coefficient (Wildman–Crippen LogP) is -3.75. The van der Waals surface area contributed by atoms with Crippen LogP contribution in [0.25, 0.3) is 0 Å². The largest absolute Gasteiger partial charge is 0.480 e. The summed E-state index contributed by atoms with van der Waals surface area (Å²) in [6.45, 7) is 0. The monoisotopic (exact) mass is 496 g/mol. The van der Waals surface area contributed by atoms with Crippen LogP contribution in [0.4, 0.5) is 0 Å². The molecule has 0 rings (SSSR count). The number of aliphatic carboxylic acids is 2. The number of carboxylic acid groups (broad SMARTS) is 2. The molecule has 0 aromatic rings. The molecule has 0 spiro atoms. The number of Topliss-reactive ketones (excluding diaryl/α,β-unsaturated/α-hetero) is 2. The van der Waals surface area contributed by atoms with Crippen LogP contribution in [-0.4, -0.2) is 80.2 Å². The van der Waals surface area contributed by atoms with Gasteiger partial charge in [0.05, 0.1) is 12.1 Å². The van der Waals surface area contributed by atoms with Crippen LogP contribution in [-0.2, 0) is 28.8 Å². The van der Waals surface area contributed by atoms with Gasteiger partial charge in [-0.05, 0) is 12.8 Å². The van der Waals surface area contributed by atoms with E-state index in [1.165, 1.54) is 0 Å². The van der Waals surface area contributed by atoms with Gasteiger partial charge in [0.25, 0.3) is 0 Å². The van der Waals surface area contributed by atoms with Crippen LogP contribution < -0.4 is 34.4 Å². The lowest BCUT2D eigenvalue weighted by Crippen LogP contribution is -2.66. The van der Waals surface area contributed by atoms with Crippen LogP contribution in [0.3, 0.4) is 0 Å². The molecular formula is C16H28N6O8S2. The summed E-state index contributed by atoms with van der Waals surface area (Å²) >= 11 is 0. The molecule has 0 radical (unpaired) electrons. The van der Waals surface area contributed by atoms with Crippen LogP contribution in [0.2, 0.25) is 0 Å². The third kappa shape index (κ3) is 8.36. The van der Waals surface area contributed by atoms with Crippen molar-refractivity contribution in [2.24, 2.45) is 34.4 Å². The first-order valence-corrected chi connectivity index (χ1v) is 11.4. The van der Waals surface area contributed by atoms with Gasteiger partial charge in [0.15, 0.2) is 16.3 Å². The highest BCUT2D eigenvalue weighted by atomic mass is 33.1. The molecule has 4 atom stereocenters. The lowest BCUT2D eigenvalue weighted by molar-refractivity contribution is -0.145. The topological polar surface area (TPSA) is 299 Å². The smallest absolute Gasteiger partial charge is 0.322 e. The number of hydrogen-bond acceptors (Lipinski definition) is 12. The molecule has 0 saturated carbocycles. The lowest BCUT2D eigenvalue weighted by atomic mass is 9.81. The van der Waals surface area contributed by atoms with E-state index in [0.717, 1.165) is 0 Å². The number of primary amides is 2. The second-order valence-corrected chi connectivity index (χ2v) is 9.40. The minimum absolute atomic E-state index is 0.314. The van der Waals surface area contributed by atoms with Gasteiger partial charge in [0, 0.05) is 18.6 Å². The zero-order chi connectivity index (χ0) is 25.2. The molecule has 16 heteroatoms. The number of nitrogens with two attached hydrogens (primary N) is 6. The summed E-state index contributed by atoms with van der Waals surface area (Å²) in [4.78, 5) is 71.3. The van der Waals surface area contributed by atoms with Crippen LogP contribution >= 0.6 is 21.6 Å². The maximum absolute atomic E-state index is 13.2. The van der Waals surface area contributed by atoms with Crippen LogP contribution in [0, 0.1) is 0 Å². The standard InChI is InChI=1S/C16H28N6O8S2/c17-6(1-3-9(20)23)12(25)16(11(22)15(29)30,32-31-5-8(19)14(27)28)13(26)7(18)2-4-10(21)24/h6-8,11H,1-5,17-19,22H2,(H2,20,23)(H2,21,24)(H,27,28)(H,29,30)/t6-,7-,8-,11+/m0/s1. The lowest BCUT2D eigenvalue weighted by Gasteiger charge is -2.36. The van der Waals surface area contributed by atoms with Crippen molar-refractivity contribution in [2.45, 2.75) is 54.6 Å². The average molecular weight is 497 g/mol. The van der Waals surface area contributed by atoms with E-state index in [1.54, 1.807) is 0 Å². The quantitative estimate of drug-likeness (QED) is 0.0708. The molecule has 32 heavy (non-hydrogen) atoms. The van der Waals surface area contributed by atoms with Crippen molar-refractivity contribution in [1.29, 1.82) is 0 Å². The van der Waals surface area contributed by atoms with E-state index in [0.29, 0.717) is 21.6 Å². The van der Waals surface area contributed by atoms with Crippen molar-refractivity contribution in [2.75, 3.05) is 5.75 Å². The van der Waals surface area contributed by atoms with Gasteiger partial charge in [-0.1, -0.05) is 21.6 Å². The fraction of sp³-hybridized carbons (Fsp3) is 0.625. The second-order valence-electron chi connectivity index (χ2n) is 6.82. The Morgan fingerprint density at radius 3 is 1.44 bits per heavy atom. The van der Waals surface area contributed by atoms with Gasteiger partial charge in [0.1, 0.15) is 12.1 Å². The van der Waals surface area contributed by atoms with E-state index in [4.69, 9.17) is 39.5 Å². The van der Waals surface area contributed by atoms with Crippen LogP contribution in [0.15, 0.2) is 0 Å². The molecule has 0 saturated heterocycles. The Bertz CT molecular complexity index is 716. The third-order valence-corrected chi connectivity index (χ3v) is 7.35. The fourth-order valence-corrected chi connectivity index (χ4v) is 5.64. The van der Waals surface area contributed by atoms with Crippen molar-refractivity contribution in [3.05, 3.63) is 0 Å². The van der Waals surface area contributed by atoms with Gasteiger partial charge in [-0.3, -0.25) is 28.8 Å². The van der Waals surface area contributed by atoms with Gasteiger partial charge in [-0.25, -0.2) is 0 Å². The van der Waals surface area contributed by atoms with Crippen molar-refractivity contribution < 1.29 is 39.0 Å².